The van der Waals surface area contributed by atoms with Crippen LogP contribution in [0.25, 0.3) is 0 Å². The van der Waals surface area contributed by atoms with Crippen molar-refractivity contribution in [3.63, 3.8) is 0 Å². The molecule has 0 saturated carbocycles. The molecule has 1 aliphatic heterocycles. The number of hydrogen-bond donors (Lipinski definition) is 1. The zero-order valence-corrected chi connectivity index (χ0v) is 14.8. The number of benzene rings is 1. The number of halogens is 1. The first kappa shape index (κ1) is 18.4. The molecule has 7 heteroatoms. The Kier molecular flexibility index (Phi) is 5.28. The van der Waals surface area contributed by atoms with Crippen LogP contribution in [0.1, 0.15) is 33.6 Å². The van der Waals surface area contributed by atoms with E-state index in [2.05, 4.69) is 0 Å². The van der Waals surface area contributed by atoms with Gasteiger partial charge in [0.25, 0.3) is 0 Å². The highest BCUT2D eigenvalue weighted by atomic mass is 35.5. The van der Waals surface area contributed by atoms with Crippen LogP contribution in [-0.4, -0.2) is 46.4 Å². The first-order valence-corrected chi connectivity index (χ1v) is 8.16. The van der Waals surface area contributed by atoms with Crippen molar-refractivity contribution in [3.8, 4) is 5.75 Å². The van der Waals surface area contributed by atoms with Gasteiger partial charge in [0.15, 0.2) is 0 Å². The summed E-state index contributed by atoms with van der Waals surface area (Å²) in [5.74, 6) is -0.737. The lowest BCUT2D eigenvalue weighted by molar-refractivity contribution is -0.159. The number of amides is 1. The van der Waals surface area contributed by atoms with Gasteiger partial charge < -0.3 is 19.5 Å². The topological polar surface area (TPSA) is 76.1 Å². The van der Waals surface area contributed by atoms with Crippen LogP contribution < -0.4 is 4.74 Å². The summed E-state index contributed by atoms with van der Waals surface area (Å²) in [6.07, 6.45) is -0.126. The number of nitrogens with zero attached hydrogens (tertiary/aromatic N) is 1. The normalized spacial score (nSPS) is 17.2. The first-order chi connectivity index (χ1) is 11.1. The number of carboxylic acid groups (broad SMARTS) is 1. The standard InChI is InChI=1S/C17H22ClNO5/c1-16(2,3)24-15(22)19-10-8-17(9-11-19,14(20)21)23-13-7-5-4-6-12(13)18/h4-7H,8-11H2,1-3H3,(H,20,21). The van der Waals surface area contributed by atoms with Crippen molar-refractivity contribution in [2.75, 3.05) is 13.1 Å². The Balaban J connectivity index is 2.08. The van der Waals surface area contributed by atoms with E-state index in [1.54, 1.807) is 45.0 Å². The number of ether oxygens (including phenoxy) is 2. The third-order valence-electron chi connectivity index (χ3n) is 3.75. The molecule has 1 aromatic carbocycles. The summed E-state index contributed by atoms with van der Waals surface area (Å²) in [7, 11) is 0. The summed E-state index contributed by atoms with van der Waals surface area (Å²) in [4.78, 5) is 25.4. The average molecular weight is 356 g/mol. The molecule has 0 bridgehead atoms. The van der Waals surface area contributed by atoms with E-state index in [4.69, 9.17) is 21.1 Å². The Morgan fingerprint density at radius 2 is 1.79 bits per heavy atom. The predicted octanol–water partition coefficient (Wildman–Crippen LogP) is 3.57. The molecule has 132 valence electrons. The minimum atomic E-state index is -1.40. The number of likely N-dealkylation sites (tertiary alicyclic amines) is 1. The van der Waals surface area contributed by atoms with Gasteiger partial charge in [0.1, 0.15) is 11.4 Å². The fraction of sp³-hybridized carbons (Fsp3) is 0.529. The summed E-state index contributed by atoms with van der Waals surface area (Å²) < 4.78 is 11.1. The van der Waals surface area contributed by atoms with Crippen LogP contribution >= 0.6 is 11.6 Å². The zero-order chi connectivity index (χ0) is 18.0. The Morgan fingerprint density at radius 1 is 1.21 bits per heavy atom. The molecule has 1 heterocycles. The predicted molar refractivity (Wildman–Crippen MR) is 89.5 cm³/mol. The van der Waals surface area contributed by atoms with Crippen molar-refractivity contribution < 1.29 is 24.2 Å². The molecule has 1 fully saturated rings. The van der Waals surface area contributed by atoms with Crippen molar-refractivity contribution >= 4 is 23.7 Å². The molecule has 1 saturated heterocycles. The van der Waals surface area contributed by atoms with E-state index in [1.807, 2.05) is 0 Å². The molecular formula is C17H22ClNO5. The molecule has 6 nitrogen and oxygen atoms in total. The summed E-state index contributed by atoms with van der Waals surface area (Å²) in [5.41, 5.74) is -1.99. The monoisotopic (exact) mass is 355 g/mol. The van der Waals surface area contributed by atoms with Gasteiger partial charge in [-0.2, -0.15) is 0 Å². The second-order valence-corrected chi connectivity index (χ2v) is 7.21. The van der Waals surface area contributed by atoms with Gasteiger partial charge in [0.2, 0.25) is 5.60 Å². The maximum atomic E-state index is 12.1. The molecule has 0 aromatic heterocycles. The molecule has 1 aromatic rings. The first-order valence-electron chi connectivity index (χ1n) is 7.78. The summed E-state index contributed by atoms with van der Waals surface area (Å²) in [6.45, 7) is 5.85. The highest BCUT2D eigenvalue weighted by Gasteiger charge is 2.45. The van der Waals surface area contributed by atoms with E-state index in [0.29, 0.717) is 10.8 Å². The Hall–Kier alpha value is -1.95. The summed E-state index contributed by atoms with van der Waals surface area (Å²) in [5, 5.41) is 10.0. The third-order valence-corrected chi connectivity index (χ3v) is 4.07. The number of carbonyl (C=O) groups is 2. The van der Waals surface area contributed by atoms with Crippen LogP contribution in [0.4, 0.5) is 4.79 Å². The molecule has 1 amide bonds. The van der Waals surface area contributed by atoms with Gasteiger partial charge in [-0.1, -0.05) is 23.7 Å². The molecule has 0 atom stereocenters. The van der Waals surface area contributed by atoms with Gasteiger partial charge in [0.05, 0.1) is 5.02 Å². The van der Waals surface area contributed by atoms with E-state index in [-0.39, 0.29) is 25.9 Å². The number of hydrogen-bond acceptors (Lipinski definition) is 4. The minimum Gasteiger partial charge on any atom is -0.478 e. The second-order valence-electron chi connectivity index (χ2n) is 6.80. The second kappa shape index (κ2) is 6.89. The summed E-state index contributed by atoms with van der Waals surface area (Å²) >= 11 is 6.06. The van der Waals surface area contributed by atoms with Crippen LogP contribution in [0.2, 0.25) is 5.02 Å². The van der Waals surface area contributed by atoms with E-state index in [0.717, 1.165) is 0 Å². The Morgan fingerprint density at radius 3 is 2.29 bits per heavy atom. The van der Waals surface area contributed by atoms with Crippen LogP contribution in [-0.2, 0) is 9.53 Å². The molecule has 1 N–H and O–H groups in total. The highest BCUT2D eigenvalue weighted by Crippen LogP contribution is 2.33. The minimum absolute atomic E-state index is 0.160. The molecule has 0 spiro atoms. The largest absolute Gasteiger partial charge is 0.478 e. The molecule has 24 heavy (non-hydrogen) atoms. The van der Waals surface area contributed by atoms with Crippen LogP contribution in [0, 0.1) is 0 Å². The van der Waals surface area contributed by atoms with Gasteiger partial charge in [-0.05, 0) is 32.9 Å². The molecule has 1 aliphatic rings. The molecule has 0 radical (unpaired) electrons. The highest BCUT2D eigenvalue weighted by molar-refractivity contribution is 6.32. The number of carbonyl (C=O) groups excluding carboxylic acids is 1. The summed E-state index contributed by atoms with van der Waals surface area (Å²) in [6, 6.07) is 6.75. The van der Waals surface area contributed by atoms with Crippen LogP contribution in [0.3, 0.4) is 0 Å². The Bertz CT molecular complexity index is 618. The number of carboxylic acids is 1. The number of rotatable bonds is 3. The number of para-hydroxylation sites is 1. The van der Waals surface area contributed by atoms with Crippen molar-refractivity contribution in [3.05, 3.63) is 29.3 Å². The zero-order valence-electron chi connectivity index (χ0n) is 14.0. The van der Waals surface area contributed by atoms with E-state index in [1.165, 1.54) is 4.90 Å². The number of aliphatic carboxylic acids is 1. The quantitative estimate of drug-likeness (QED) is 0.896. The fourth-order valence-electron chi connectivity index (χ4n) is 2.47. The van der Waals surface area contributed by atoms with E-state index < -0.39 is 23.3 Å². The SMILES string of the molecule is CC(C)(C)OC(=O)N1CCC(Oc2ccccc2Cl)(C(=O)O)CC1. The maximum absolute atomic E-state index is 12.1. The lowest BCUT2D eigenvalue weighted by Crippen LogP contribution is -2.54. The third kappa shape index (κ3) is 4.32. The van der Waals surface area contributed by atoms with Crippen molar-refractivity contribution in [2.45, 2.75) is 44.8 Å². The molecule has 0 aliphatic carbocycles. The molecule has 2 rings (SSSR count). The van der Waals surface area contributed by atoms with Gasteiger partial charge in [0, 0.05) is 25.9 Å². The lowest BCUT2D eigenvalue weighted by Gasteiger charge is -2.39. The maximum Gasteiger partial charge on any atom is 0.410 e. The lowest BCUT2D eigenvalue weighted by atomic mass is 9.91. The van der Waals surface area contributed by atoms with Gasteiger partial charge in [-0.25, -0.2) is 9.59 Å². The van der Waals surface area contributed by atoms with Gasteiger partial charge >= 0.3 is 12.1 Å². The Labute approximate surface area is 146 Å². The van der Waals surface area contributed by atoms with Crippen molar-refractivity contribution in [1.29, 1.82) is 0 Å². The average Bonchev–Trinajstić information content (AvgIpc) is 2.48. The van der Waals surface area contributed by atoms with Crippen LogP contribution in [0.15, 0.2) is 24.3 Å². The van der Waals surface area contributed by atoms with Gasteiger partial charge in [-0.3, -0.25) is 0 Å². The molecular weight excluding hydrogens is 334 g/mol. The van der Waals surface area contributed by atoms with Crippen molar-refractivity contribution in [2.24, 2.45) is 0 Å². The van der Waals surface area contributed by atoms with Crippen LogP contribution in [0.5, 0.6) is 5.75 Å². The smallest absolute Gasteiger partial charge is 0.410 e. The molecule has 0 unspecified atom stereocenters. The fourth-order valence-corrected chi connectivity index (χ4v) is 2.65. The van der Waals surface area contributed by atoms with E-state index >= 15 is 0 Å². The van der Waals surface area contributed by atoms with E-state index in [9.17, 15) is 14.7 Å². The number of piperidine rings is 1. The van der Waals surface area contributed by atoms with Crippen molar-refractivity contribution in [1.82, 2.24) is 4.90 Å². The van der Waals surface area contributed by atoms with Gasteiger partial charge in [-0.15, -0.1) is 0 Å².